The summed E-state index contributed by atoms with van der Waals surface area (Å²) in [5, 5.41) is 2.58. The third-order valence-electron chi connectivity index (χ3n) is 4.28. The molecule has 1 heterocycles. The Balaban J connectivity index is 1.65. The van der Waals surface area contributed by atoms with Crippen molar-refractivity contribution in [3.05, 3.63) is 78.2 Å². The average molecular weight is 408 g/mol. The van der Waals surface area contributed by atoms with Crippen molar-refractivity contribution in [1.29, 1.82) is 0 Å². The Morgan fingerprint density at radius 1 is 1.00 bits per heavy atom. The highest BCUT2D eigenvalue weighted by atomic mass is 19.1. The predicted octanol–water partition coefficient (Wildman–Crippen LogP) is 3.90. The van der Waals surface area contributed by atoms with Crippen molar-refractivity contribution in [3.63, 3.8) is 0 Å². The molecule has 6 nitrogen and oxygen atoms in total. The van der Waals surface area contributed by atoms with E-state index in [-0.39, 0.29) is 18.1 Å². The van der Waals surface area contributed by atoms with Crippen LogP contribution < -0.4 is 10.1 Å². The van der Waals surface area contributed by atoms with Crippen LogP contribution in [0.3, 0.4) is 0 Å². The van der Waals surface area contributed by atoms with E-state index >= 15 is 0 Å². The number of pyridine rings is 1. The molecule has 1 amide bonds. The summed E-state index contributed by atoms with van der Waals surface area (Å²) in [6.45, 7) is 1.56. The Bertz CT molecular complexity index is 1020. The molecule has 30 heavy (non-hydrogen) atoms. The van der Waals surface area contributed by atoms with E-state index in [1.807, 2.05) is 24.3 Å². The zero-order chi connectivity index (χ0) is 21.5. The molecule has 154 valence electrons. The smallest absolute Gasteiger partial charge is 0.328 e. The van der Waals surface area contributed by atoms with Gasteiger partial charge in [-0.15, -0.1) is 0 Å². The molecule has 0 spiro atoms. The number of carbonyl (C=O) groups is 2. The summed E-state index contributed by atoms with van der Waals surface area (Å²) in [6, 6.07) is 17.7. The van der Waals surface area contributed by atoms with E-state index in [0.717, 1.165) is 5.56 Å². The topological polar surface area (TPSA) is 77.5 Å². The van der Waals surface area contributed by atoms with Crippen LogP contribution in [0.25, 0.3) is 11.3 Å². The molecule has 1 N–H and O–H groups in total. The molecule has 0 saturated carbocycles. The van der Waals surface area contributed by atoms with Crippen LogP contribution in [0.1, 0.15) is 12.6 Å². The number of hydrogen-bond donors (Lipinski definition) is 1. The van der Waals surface area contributed by atoms with Crippen molar-refractivity contribution < 1.29 is 23.5 Å². The normalized spacial score (nSPS) is 11.4. The molecule has 0 bridgehead atoms. The van der Waals surface area contributed by atoms with Crippen LogP contribution in [0.2, 0.25) is 0 Å². The first kappa shape index (κ1) is 21.0. The predicted molar refractivity (Wildman–Crippen MR) is 109 cm³/mol. The molecule has 0 aliphatic rings. The molecule has 1 aromatic heterocycles. The van der Waals surface area contributed by atoms with Crippen LogP contribution in [0, 0.1) is 5.82 Å². The van der Waals surface area contributed by atoms with Gasteiger partial charge in [-0.3, -0.25) is 9.78 Å². The van der Waals surface area contributed by atoms with Crippen molar-refractivity contribution >= 4 is 11.9 Å². The van der Waals surface area contributed by atoms with E-state index in [2.05, 4.69) is 15.0 Å². The van der Waals surface area contributed by atoms with Crippen LogP contribution in [0.4, 0.5) is 4.39 Å². The summed E-state index contributed by atoms with van der Waals surface area (Å²) in [4.78, 5) is 28.1. The van der Waals surface area contributed by atoms with Gasteiger partial charge >= 0.3 is 5.97 Å². The second-order valence-electron chi connectivity index (χ2n) is 6.58. The van der Waals surface area contributed by atoms with Crippen LogP contribution in [-0.2, 0) is 20.7 Å². The summed E-state index contributed by atoms with van der Waals surface area (Å²) < 4.78 is 23.3. The summed E-state index contributed by atoms with van der Waals surface area (Å²) in [5.74, 6) is -0.000141. The Morgan fingerprint density at radius 2 is 1.63 bits per heavy atom. The zero-order valence-corrected chi connectivity index (χ0v) is 16.6. The lowest BCUT2D eigenvalue weighted by Crippen LogP contribution is -2.40. The summed E-state index contributed by atoms with van der Waals surface area (Å²) >= 11 is 0. The molecule has 0 aliphatic carbocycles. The van der Waals surface area contributed by atoms with Crippen LogP contribution >= 0.6 is 0 Å². The summed E-state index contributed by atoms with van der Waals surface area (Å²) in [7, 11) is 1.27. The quantitative estimate of drug-likeness (QED) is 0.600. The molecule has 3 aromatic rings. The van der Waals surface area contributed by atoms with Crippen molar-refractivity contribution in [2.45, 2.75) is 19.4 Å². The number of carbonyl (C=O) groups excluding carboxylic acids is 2. The van der Waals surface area contributed by atoms with Gasteiger partial charge in [0.25, 0.3) is 0 Å². The molecule has 0 saturated heterocycles. The molecule has 3 rings (SSSR count). The van der Waals surface area contributed by atoms with Crippen LogP contribution in [0.5, 0.6) is 11.5 Å². The minimum Gasteiger partial charge on any atom is -0.467 e. The lowest BCUT2D eigenvalue weighted by atomic mass is 10.1. The lowest BCUT2D eigenvalue weighted by Gasteiger charge is -2.11. The summed E-state index contributed by atoms with van der Waals surface area (Å²) in [6.07, 6.45) is 0.0426. The van der Waals surface area contributed by atoms with Gasteiger partial charge in [0.1, 0.15) is 23.4 Å². The average Bonchev–Trinajstić information content (AvgIpc) is 2.75. The first-order valence-electron chi connectivity index (χ1n) is 9.31. The molecule has 7 heteroatoms. The maximum Gasteiger partial charge on any atom is 0.328 e. The monoisotopic (exact) mass is 408 g/mol. The highest BCUT2D eigenvalue weighted by Gasteiger charge is 2.16. The van der Waals surface area contributed by atoms with Gasteiger partial charge in [0.2, 0.25) is 5.91 Å². The fourth-order valence-corrected chi connectivity index (χ4v) is 2.76. The first-order valence-corrected chi connectivity index (χ1v) is 9.31. The highest BCUT2D eigenvalue weighted by molar-refractivity contribution is 5.85. The number of esters is 1. The van der Waals surface area contributed by atoms with Gasteiger partial charge in [-0.05, 0) is 67.6 Å². The number of aromatic nitrogens is 1. The largest absolute Gasteiger partial charge is 0.467 e. The van der Waals surface area contributed by atoms with E-state index in [1.54, 1.807) is 37.3 Å². The Hall–Kier alpha value is -3.74. The molecule has 1 unspecified atom stereocenters. The van der Waals surface area contributed by atoms with E-state index in [0.29, 0.717) is 22.9 Å². The number of nitrogens with zero attached hydrogens (tertiary/aromatic N) is 1. The van der Waals surface area contributed by atoms with Crippen molar-refractivity contribution in [2.24, 2.45) is 0 Å². The maximum absolute atomic E-state index is 13.0. The number of rotatable bonds is 7. The minimum absolute atomic E-state index is 0.0426. The molecule has 0 fully saturated rings. The summed E-state index contributed by atoms with van der Waals surface area (Å²) in [5.41, 5.74) is 2.13. The van der Waals surface area contributed by atoms with Gasteiger partial charge in [-0.25, -0.2) is 9.18 Å². The minimum atomic E-state index is -0.723. The van der Waals surface area contributed by atoms with E-state index in [1.165, 1.54) is 19.2 Å². The lowest BCUT2D eigenvalue weighted by molar-refractivity contribution is -0.144. The number of ether oxygens (including phenoxy) is 2. The molecule has 0 aliphatic heterocycles. The van der Waals surface area contributed by atoms with Crippen molar-refractivity contribution in [3.8, 4) is 22.8 Å². The number of amides is 1. The number of benzene rings is 2. The van der Waals surface area contributed by atoms with Crippen LogP contribution in [-0.4, -0.2) is 30.0 Å². The Labute approximate surface area is 173 Å². The molecule has 2 aromatic carbocycles. The van der Waals surface area contributed by atoms with Crippen molar-refractivity contribution in [2.75, 3.05) is 7.11 Å². The Kier molecular flexibility index (Phi) is 6.75. The molecule has 0 radical (unpaired) electrons. The first-order chi connectivity index (χ1) is 14.4. The zero-order valence-electron chi connectivity index (χ0n) is 16.6. The van der Waals surface area contributed by atoms with Gasteiger partial charge in [0, 0.05) is 5.56 Å². The molecular weight excluding hydrogens is 387 g/mol. The fraction of sp³-hybridized carbons (Fsp3) is 0.174. The third kappa shape index (κ3) is 5.64. The van der Waals surface area contributed by atoms with Gasteiger partial charge in [0.05, 0.1) is 24.9 Å². The number of nitrogens with one attached hydrogen (secondary N) is 1. The van der Waals surface area contributed by atoms with E-state index in [9.17, 15) is 14.0 Å². The van der Waals surface area contributed by atoms with E-state index in [4.69, 9.17) is 4.74 Å². The van der Waals surface area contributed by atoms with Gasteiger partial charge in [-0.1, -0.05) is 6.07 Å². The van der Waals surface area contributed by atoms with Gasteiger partial charge in [0.15, 0.2) is 0 Å². The number of halogens is 1. The number of methoxy groups -OCH3 is 1. The number of hydrogen-bond acceptors (Lipinski definition) is 5. The van der Waals surface area contributed by atoms with E-state index < -0.39 is 12.0 Å². The van der Waals surface area contributed by atoms with Crippen LogP contribution in [0.15, 0.2) is 66.7 Å². The Morgan fingerprint density at radius 3 is 2.27 bits per heavy atom. The fourth-order valence-electron chi connectivity index (χ4n) is 2.76. The molecular formula is C23H21FN2O4. The second-order valence-corrected chi connectivity index (χ2v) is 6.58. The second kappa shape index (κ2) is 9.65. The van der Waals surface area contributed by atoms with Gasteiger partial charge in [-0.2, -0.15) is 0 Å². The highest BCUT2D eigenvalue weighted by Crippen LogP contribution is 2.25. The molecule has 1 atom stereocenters. The third-order valence-corrected chi connectivity index (χ3v) is 4.28. The van der Waals surface area contributed by atoms with Gasteiger partial charge < -0.3 is 14.8 Å². The standard InChI is InChI=1S/C23H21FN2O4/c1-15(23(28)29-2)25-22(27)14-18-4-3-5-21(26-18)16-6-10-19(11-7-16)30-20-12-8-17(24)9-13-20/h3-13,15H,14H2,1-2H3,(H,25,27). The SMILES string of the molecule is COC(=O)C(C)NC(=O)Cc1cccc(-c2ccc(Oc3ccc(F)cc3)cc2)n1. The van der Waals surface area contributed by atoms with Crippen molar-refractivity contribution in [1.82, 2.24) is 10.3 Å². The maximum atomic E-state index is 13.0.